The van der Waals surface area contributed by atoms with E-state index < -0.39 is 22.8 Å². The molecule has 1 aromatic heterocycles. The highest BCUT2D eigenvalue weighted by atomic mass is 35.5. The second-order valence-electron chi connectivity index (χ2n) is 7.49. The predicted molar refractivity (Wildman–Crippen MR) is 110 cm³/mol. The molecule has 5 nitrogen and oxygen atoms in total. The standard InChI is InChI=1S/C21H20ClF3N4O/c22-16-9-8-14(11-15(16)21(23,24)25)27-20(30)26-13-5-3-4-12(10-13)19-28-17-6-1-2-7-18(17)29-19/h1-2,6-9,11-13H,3-5,10H2,(H,28,29)(H2,26,27,30)/t12-,13+/m0/s1. The molecule has 2 aromatic carbocycles. The van der Waals surface area contributed by atoms with Gasteiger partial charge >= 0.3 is 12.2 Å². The fourth-order valence-corrected chi connectivity index (χ4v) is 4.13. The van der Waals surface area contributed by atoms with E-state index in [2.05, 4.69) is 20.6 Å². The van der Waals surface area contributed by atoms with Crippen molar-refractivity contribution >= 4 is 34.4 Å². The number of carbonyl (C=O) groups is 1. The molecule has 30 heavy (non-hydrogen) atoms. The zero-order valence-corrected chi connectivity index (χ0v) is 16.6. The number of hydrogen-bond acceptors (Lipinski definition) is 2. The van der Waals surface area contributed by atoms with E-state index >= 15 is 0 Å². The number of alkyl halides is 3. The minimum Gasteiger partial charge on any atom is -0.342 e. The highest BCUT2D eigenvalue weighted by Gasteiger charge is 2.33. The van der Waals surface area contributed by atoms with Crippen LogP contribution in [0.3, 0.4) is 0 Å². The van der Waals surface area contributed by atoms with Gasteiger partial charge in [-0.25, -0.2) is 9.78 Å². The van der Waals surface area contributed by atoms with Crippen molar-refractivity contribution in [1.29, 1.82) is 0 Å². The van der Waals surface area contributed by atoms with E-state index in [0.717, 1.165) is 48.3 Å². The molecule has 1 heterocycles. The quantitative estimate of drug-likeness (QED) is 0.465. The lowest BCUT2D eigenvalue weighted by molar-refractivity contribution is -0.137. The van der Waals surface area contributed by atoms with E-state index in [1.807, 2.05) is 24.3 Å². The average molecular weight is 437 g/mol. The second kappa shape index (κ2) is 8.18. The third-order valence-electron chi connectivity index (χ3n) is 5.33. The van der Waals surface area contributed by atoms with Crippen LogP contribution >= 0.6 is 11.6 Å². The number of nitrogens with zero attached hydrogens (tertiary/aromatic N) is 1. The van der Waals surface area contributed by atoms with Crippen molar-refractivity contribution in [1.82, 2.24) is 15.3 Å². The third kappa shape index (κ3) is 4.53. The van der Waals surface area contributed by atoms with E-state index in [9.17, 15) is 18.0 Å². The van der Waals surface area contributed by atoms with Crippen LogP contribution in [-0.4, -0.2) is 22.0 Å². The summed E-state index contributed by atoms with van der Waals surface area (Å²) < 4.78 is 39.0. The number of H-pyrrole nitrogens is 1. The number of carbonyl (C=O) groups excluding carboxylic acids is 1. The molecule has 0 saturated heterocycles. The van der Waals surface area contributed by atoms with Crippen molar-refractivity contribution in [3.8, 4) is 0 Å². The summed E-state index contributed by atoms with van der Waals surface area (Å²) in [5, 5.41) is 4.93. The van der Waals surface area contributed by atoms with Crippen LogP contribution in [0.15, 0.2) is 42.5 Å². The van der Waals surface area contributed by atoms with Crippen LogP contribution in [0.4, 0.5) is 23.7 Å². The van der Waals surface area contributed by atoms with Gasteiger partial charge in [0, 0.05) is 17.6 Å². The predicted octanol–water partition coefficient (Wildman–Crippen LogP) is 6.08. The van der Waals surface area contributed by atoms with Crippen LogP contribution < -0.4 is 10.6 Å². The highest BCUT2D eigenvalue weighted by molar-refractivity contribution is 6.31. The minimum atomic E-state index is -4.59. The topological polar surface area (TPSA) is 69.8 Å². The number of aromatic amines is 1. The number of benzene rings is 2. The van der Waals surface area contributed by atoms with Crippen molar-refractivity contribution in [2.45, 2.75) is 43.8 Å². The molecule has 1 saturated carbocycles. The molecule has 0 bridgehead atoms. The average Bonchev–Trinajstić information content (AvgIpc) is 3.13. The number of rotatable bonds is 3. The maximum absolute atomic E-state index is 13.0. The van der Waals surface area contributed by atoms with Gasteiger partial charge in [0.2, 0.25) is 0 Å². The van der Waals surface area contributed by atoms with E-state index in [1.54, 1.807) is 0 Å². The first-order valence-electron chi connectivity index (χ1n) is 9.68. The van der Waals surface area contributed by atoms with Gasteiger partial charge in [-0.1, -0.05) is 30.2 Å². The molecule has 0 aliphatic heterocycles. The SMILES string of the molecule is O=C(Nc1ccc(Cl)c(C(F)(F)F)c1)N[C@@H]1CCC[C@H](c2nc3ccccc3[nH]2)C1. The van der Waals surface area contributed by atoms with Crippen molar-refractivity contribution in [3.63, 3.8) is 0 Å². The Bertz CT molecular complexity index is 1030. The Hall–Kier alpha value is -2.74. The number of amides is 2. The molecule has 3 aromatic rings. The lowest BCUT2D eigenvalue weighted by Gasteiger charge is -2.28. The van der Waals surface area contributed by atoms with Crippen LogP contribution in [-0.2, 0) is 6.18 Å². The molecule has 1 aliphatic carbocycles. The molecular weight excluding hydrogens is 417 g/mol. The van der Waals surface area contributed by atoms with E-state index in [1.165, 1.54) is 6.07 Å². The number of nitrogens with one attached hydrogen (secondary N) is 3. The van der Waals surface area contributed by atoms with Crippen LogP contribution in [0.5, 0.6) is 0 Å². The monoisotopic (exact) mass is 436 g/mol. The molecule has 1 aliphatic rings. The van der Waals surface area contributed by atoms with Crippen LogP contribution in [0, 0.1) is 0 Å². The Kier molecular flexibility index (Phi) is 5.60. The van der Waals surface area contributed by atoms with Crippen LogP contribution in [0.2, 0.25) is 5.02 Å². The lowest BCUT2D eigenvalue weighted by Crippen LogP contribution is -2.40. The molecule has 0 unspecified atom stereocenters. The Labute approximate surface area is 176 Å². The van der Waals surface area contributed by atoms with Crippen molar-refractivity contribution in [2.75, 3.05) is 5.32 Å². The molecule has 0 radical (unpaired) electrons. The first kappa shape index (κ1) is 20.5. The lowest BCUT2D eigenvalue weighted by atomic mass is 9.85. The Morgan fingerprint density at radius 1 is 1.17 bits per heavy atom. The van der Waals surface area contributed by atoms with Gasteiger partial charge in [0.1, 0.15) is 5.82 Å². The fourth-order valence-electron chi connectivity index (χ4n) is 3.91. The molecule has 2 atom stereocenters. The first-order chi connectivity index (χ1) is 14.3. The molecular formula is C21H20ClF3N4O. The second-order valence-corrected chi connectivity index (χ2v) is 7.90. The first-order valence-corrected chi connectivity index (χ1v) is 10.1. The summed E-state index contributed by atoms with van der Waals surface area (Å²) >= 11 is 5.62. The molecule has 158 valence electrons. The summed E-state index contributed by atoms with van der Waals surface area (Å²) in [6.07, 6.45) is -1.19. The largest absolute Gasteiger partial charge is 0.417 e. The number of aromatic nitrogens is 2. The zero-order valence-electron chi connectivity index (χ0n) is 15.9. The number of fused-ring (bicyclic) bond motifs is 1. The van der Waals surface area contributed by atoms with Gasteiger partial charge in [0.05, 0.1) is 21.6 Å². The van der Waals surface area contributed by atoms with Crippen molar-refractivity contribution in [3.05, 3.63) is 58.9 Å². The van der Waals surface area contributed by atoms with Gasteiger partial charge in [-0.2, -0.15) is 13.2 Å². The zero-order chi connectivity index (χ0) is 21.3. The summed E-state index contributed by atoms with van der Waals surface area (Å²) in [4.78, 5) is 20.4. The van der Waals surface area contributed by atoms with Gasteiger partial charge in [0.15, 0.2) is 0 Å². The Balaban J connectivity index is 1.40. The number of hydrogen-bond donors (Lipinski definition) is 3. The summed E-state index contributed by atoms with van der Waals surface area (Å²) in [6, 6.07) is 10.5. The Morgan fingerprint density at radius 2 is 1.97 bits per heavy atom. The summed E-state index contributed by atoms with van der Waals surface area (Å²) in [5.74, 6) is 1.08. The highest BCUT2D eigenvalue weighted by Crippen LogP contribution is 2.36. The Morgan fingerprint density at radius 3 is 2.73 bits per heavy atom. The number of imidazole rings is 1. The smallest absolute Gasteiger partial charge is 0.342 e. The van der Waals surface area contributed by atoms with E-state index in [-0.39, 0.29) is 17.6 Å². The van der Waals surface area contributed by atoms with Gasteiger partial charge < -0.3 is 15.6 Å². The summed E-state index contributed by atoms with van der Waals surface area (Å²) in [7, 11) is 0. The van der Waals surface area contributed by atoms with E-state index in [0.29, 0.717) is 6.42 Å². The van der Waals surface area contributed by atoms with Gasteiger partial charge in [-0.3, -0.25) is 0 Å². The van der Waals surface area contributed by atoms with Crippen LogP contribution in [0.1, 0.15) is 43.0 Å². The van der Waals surface area contributed by atoms with Gasteiger partial charge in [-0.15, -0.1) is 0 Å². The van der Waals surface area contributed by atoms with Gasteiger partial charge in [0.25, 0.3) is 0 Å². The fraction of sp³-hybridized carbons (Fsp3) is 0.333. The number of halogens is 4. The number of para-hydroxylation sites is 2. The van der Waals surface area contributed by atoms with Crippen molar-refractivity contribution < 1.29 is 18.0 Å². The molecule has 0 spiro atoms. The van der Waals surface area contributed by atoms with Crippen LogP contribution in [0.25, 0.3) is 11.0 Å². The normalized spacial score (nSPS) is 19.6. The van der Waals surface area contributed by atoms with Gasteiger partial charge in [-0.05, 0) is 49.6 Å². The molecule has 4 rings (SSSR count). The molecule has 3 N–H and O–H groups in total. The van der Waals surface area contributed by atoms with E-state index in [4.69, 9.17) is 11.6 Å². The number of anilines is 1. The molecule has 2 amide bonds. The number of urea groups is 1. The maximum Gasteiger partial charge on any atom is 0.417 e. The van der Waals surface area contributed by atoms with Crippen molar-refractivity contribution in [2.24, 2.45) is 0 Å². The minimum absolute atomic E-state index is 0.0360. The molecule has 9 heteroatoms. The molecule has 1 fully saturated rings. The maximum atomic E-state index is 13.0. The summed E-state index contributed by atoms with van der Waals surface area (Å²) in [6.45, 7) is 0. The summed E-state index contributed by atoms with van der Waals surface area (Å²) in [5.41, 5.74) is 0.936. The third-order valence-corrected chi connectivity index (χ3v) is 5.66.